The number of carbonyl (C=O) groups is 1. The van der Waals surface area contributed by atoms with E-state index in [2.05, 4.69) is 20.5 Å². The normalized spacial score (nSPS) is 10.5. The Labute approximate surface area is 124 Å². The van der Waals surface area contributed by atoms with E-state index in [4.69, 9.17) is 23.2 Å². The van der Waals surface area contributed by atoms with Crippen LogP contribution in [0.15, 0.2) is 23.0 Å². The van der Waals surface area contributed by atoms with Crippen molar-refractivity contribution in [3.05, 3.63) is 50.1 Å². The summed E-state index contributed by atoms with van der Waals surface area (Å²) in [6.07, 6.45) is 1.43. The van der Waals surface area contributed by atoms with Crippen LogP contribution in [-0.4, -0.2) is 27.6 Å². The summed E-state index contributed by atoms with van der Waals surface area (Å²) < 4.78 is 0. The van der Waals surface area contributed by atoms with Gasteiger partial charge in [0.2, 0.25) is 5.82 Å². The maximum absolute atomic E-state index is 11.6. The van der Waals surface area contributed by atoms with Gasteiger partial charge in [-0.25, -0.2) is 9.89 Å². The highest BCUT2D eigenvalue weighted by Gasteiger charge is 2.09. The molecule has 0 saturated heterocycles. The number of nitrogens with one attached hydrogen (secondary N) is 3. The van der Waals surface area contributed by atoms with Crippen LogP contribution in [0.4, 0.5) is 0 Å². The second-order valence-electron chi connectivity index (χ2n) is 4.12. The summed E-state index contributed by atoms with van der Waals surface area (Å²) >= 11 is 11.9. The van der Waals surface area contributed by atoms with Gasteiger partial charge in [0.05, 0.1) is 0 Å². The highest BCUT2D eigenvalue weighted by Crippen LogP contribution is 2.21. The van der Waals surface area contributed by atoms with Gasteiger partial charge in [0.25, 0.3) is 5.91 Å². The number of hydrogen-bond acceptors (Lipinski definition) is 3. The summed E-state index contributed by atoms with van der Waals surface area (Å²) in [6.45, 7) is 0.451. The third kappa shape index (κ3) is 3.85. The van der Waals surface area contributed by atoms with E-state index < -0.39 is 11.6 Å². The highest BCUT2D eigenvalue weighted by atomic mass is 35.5. The number of aryl methyl sites for hydroxylation is 1. The molecule has 1 aromatic carbocycles. The first-order valence-electron chi connectivity index (χ1n) is 5.93. The molecule has 0 aliphatic carbocycles. The summed E-state index contributed by atoms with van der Waals surface area (Å²) in [5.41, 5.74) is 0.460. The van der Waals surface area contributed by atoms with Crippen molar-refractivity contribution in [2.45, 2.75) is 12.8 Å². The van der Waals surface area contributed by atoms with Crippen LogP contribution >= 0.6 is 23.2 Å². The average molecular weight is 315 g/mol. The van der Waals surface area contributed by atoms with Gasteiger partial charge in [-0.2, -0.15) is 0 Å². The molecule has 0 unspecified atom stereocenters. The van der Waals surface area contributed by atoms with Crippen LogP contribution in [-0.2, 0) is 6.42 Å². The molecule has 0 saturated carbocycles. The molecule has 1 aromatic heterocycles. The van der Waals surface area contributed by atoms with Gasteiger partial charge < -0.3 is 5.32 Å². The van der Waals surface area contributed by atoms with Crippen LogP contribution < -0.4 is 11.0 Å². The Morgan fingerprint density at radius 3 is 2.80 bits per heavy atom. The largest absolute Gasteiger partial charge is 0.349 e. The molecule has 0 radical (unpaired) electrons. The molecular formula is C12H12Cl2N4O2. The van der Waals surface area contributed by atoms with Gasteiger partial charge in [-0.3, -0.25) is 9.78 Å². The summed E-state index contributed by atoms with van der Waals surface area (Å²) in [7, 11) is 0. The van der Waals surface area contributed by atoms with E-state index in [9.17, 15) is 9.59 Å². The van der Waals surface area contributed by atoms with Crippen molar-refractivity contribution >= 4 is 29.1 Å². The van der Waals surface area contributed by atoms with Crippen LogP contribution in [0.25, 0.3) is 0 Å². The van der Waals surface area contributed by atoms with Crippen molar-refractivity contribution in [3.8, 4) is 0 Å². The van der Waals surface area contributed by atoms with E-state index in [1.807, 2.05) is 6.07 Å². The van der Waals surface area contributed by atoms with Gasteiger partial charge in [0.15, 0.2) is 0 Å². The minimum Gasteiger partial charge on any atom is -0.349 e. The topological polar surface area (TPSA) is 90.6 Å². The third-order valence-corrected chi connectivity index (χ3v) is 3.23. The molecule has 0 aliphatic heterocycles. The SMILES string of the molecule is O=C(NCCCc1ccc(Cl)cc1Cl)c1n[nH]c(=O)[nH]1. The Morgan fingerprint density at radius 2 is 2.15 bits per heavy atom. The van der Waals surface area contributed by atoms with Crippen LogP contribution in [0.3, 0.4) is 0 Å². The number of halogens is 2. The molecule has 0 fully saturated rings. The maximum Gasteiger partial charge on any atom is 0.341 e. The molecule has 0 spiro atoms. The van der Waals surface area contributed by atoms with Crippen molar-refractivity contribution in [2.24, 2.45) is 0 Å². The summed E-state index contributed by atoms with van der Waals surface area (Å²) in [5, 5.41) is 9.52. The second-order valence-corrected chi connectivity index (χ2v) is 4.97. The lowest BCUT2D eigenvalue weighted by Crippen LogP contribution is -2.26. The van der Waals surface area contributed by atoms with Crippen LogP contribution in [0.5, 0.6) is 0 Å². The molecule has 8 heteroatoms. The Bertz CT molecular complexity index is 665. The van der Waals surface area contributed by atoms with Crippen LogP contribution in [0, 0.1) is 0 Å². The maximum atomic E-state index is 11.6. The summed E-state index contributed by atoms with van der Waals surface area (Å²) in [4.78, 5) is 24.6. The van der Waals surface area contributed by atoms with E-state index >= 15 is 0 Å². The smallest absolute Gasteiger partial charge is 0.341 e. The molecule has 2 rings (SSSR count). The third-order valence-electron chi connectivity index (χ3n) is 2.64. The molecule has 1 amide bonds. The Kier molecular flexibility index (Phi) is 4.81. The minimum atomic E-state index is -0.511. The van der Waals surface area contributed by atoms with E-state index in [1.54, 1.807) is 12.1 Å². The molecule has 0 atom stereocenters. The number of hydrogen-bond donors (Lipinski definition) is 3. The van der Waals surface area contributed by atoms with Crippen molar-refractivity contribution in [3.63, 3.8) is 0 Å². The second kappa shape index (κ2) is 6.58. The fourth-order valence-electron chi connectivity index (χ4n) is 1.67. The average Bonchev–Trinajstić information content (AvgIpc) is 2.83. The van der Waals surface area contributed by atoms with Crippen molar-refractivity contribution in [1.29, 1.82) is 0 Å². The number of benzene rings is 1. The fourth-order valence-corrected chi connectivity index (χ4v) is 2.17. The highest BCUT2D eigenvalue weighted by molar-refractivity contribution is 6.35. The predicted octanol–water partition coefficient (Wildman–Crippen LogP) is 1.77. The Morgan fingerprint density at radius 1 is 1.35 bits per heavy atom. The lowest BCUT2D eigenvalue weighted by molar-refractivity contribution is 0.0943. The van der Waals surface area contributed by atoms with Gasteiger partial charge in [0, 0.05) is 16.6 Å². The van der Waals surface area contributed by atoms with Crippen molar-refractivity contribution in [2.75, 3.05) is 6.54 Å². The first-order chi connectivity index (χ1) is 9.56. The number of amides is 1. The van der Waals surface area contributed by atoms with Crippen LogP contribution in [0.1, 0.15) is 22.6 Å². The first-order valence-corrected chi connectivity index (χ1v) is 6.68. The van der Waals surface area contributed by atoms with E-state index in [1.165, 1.54) is 0 Å². The number of rotatable bonds is 5. The van der Waals surface area contributed by atoms with E-state index in [-0.39, 0.29) is 5.82 Å². The zero-order valence-corrected chi connectivity index (χ0v) is 11.9. The zero-order chi connectivity index (χ0) is 14.5. The molecule has 1 heterocycles. The summed E-state index contributed by atoms with van der Waals surface area (Å²) in [5.74, 6) is -0.454. The number of carbonyl (C=O) groups excluding carboxylic acids is 1. The van der Waals surface area contributed by atoms with Gasteiger partial charge in [-0.15, -0.1) is 5.10 Å². The molecular weight excluding hydrogens is 303 g/mol. The fraction of sp³-hybridized carbons (Fsp3) is 0.250. The van der Waals surface area contributed by atoms with Crippen LogP contribution in [0.2, 0.25) is 10.0 Å². The monoisotopic (exact) mass is 314 g/mol. The summed E-state index contributed by atoms with van der Waals surface area (Å²) in [6, 6.07) is 5.32. The van der Waals surface area contributed by atoms with Gasteiger partial charge in [-0.1, -0.05) is 29.3 Å². The zero-order valence-electron chi connectivity index (χ0n) is 10.4. The molecule has 6 nitrogen and oxygen atoms in total. The number of aromatic nitrogens is 3. The molecule has 20 heavy (non-hydrogen) atoms. The van der Waals surface area contributed by atoms with Gasteiger partial charge >= 0.3 is 5.69 Å². The number of H-pyrrole nitrogens is 2. The molecule has 0 bridgehead atoms. The molecule has 0 aliphatic rings. The predicted molar refractivity (Wildman–Crippen MR) is 76.3 cm³/mol. The van der Waals surface area contributed by atoms with Gasteiger partial charge in [0.1, 0.15) is 0 Å². The van der Waals surface area contributed by atoms with Crippen molar-refractivity contribution in [1.82, 2.24) is 20.5 Å². The number of aromatic amines is 2. The molecule has 2 aromatic rings. The first kappa shape index (κ1) is 14.6. The van der Waals surface area contributed by atoms with Gasteiger partial charge in [-0.05, 0) is 30.5 Å². The Hall–Kier alpha value is -1.79. The van der Waals surface area contributed by atoms with E-state index in [0.717, 1.165) is 5.56 Å². The molecule has 106 valence electrons. The Balaban J connectivity index is 1.79. The lowest BCUT2D eigenvalue weighted by Gasteiger charge is -2.05. The molecule has 3 N–H and O–H groups in total. The standard InChI is InChI=1S/C12H12Cl2N4O2/c13-8-4-3-7(9(14)6-8)2-1-5-15-11(19)10-16-12(20)18-17-10/h3-4,6H,1-2,5H2,(H,15,19)(H2,16,17,18,20). The van der Waals surface area contributed by atoms with E-state index in [0.29, 0.717) is 29.4 Å². The quantitative estimate of drug-likeness (QED) is 0.734. The minimum absolute atomic E-state index is 0.0282. The number of nitrogens with zero attached hydrogens (tertiary/aromatic N) is 1. The van der Waals surface area contributed by atoms with Crippen molar-refractivity contribution < 1.29 is 4.79 Å². The lowest BCUT2D eigenvalue weighted by atomic mass is 10.1.